The average Bonchev–Trinajstić information content (AvgIpc) is 2.70. The lowest BCUT2D eigenvalue weighted by Gasteiger charge is -2.18. The normalized spacial score (nSPS) is 10.5. The van der Waals surface area contributed by atoms with Crippen molar-refractivity contribution in [1.82, 2.24) is 9.97 Å². The number of nitrogens with one attached hydrogen (secondary N) is 1. The van der Waals surface area contributed by atoms with Crippen LogP contribution in [0.5, 0.6) is 0 Å². The highest BCUT2D eigenvalue weighted by Crippen LogP contribution is 2.20. The fraction of sp³-hybridized carbons (Fsp3) is 0.227. The van der Waals surface area contributed by atoms with Crippen molar-refractivity contribution < 1.29 is 4.79 Å². The second-order valence-corrected chi connectivity index (χ2v) is 6.65. The van der Waals surface area contributed by atoms with Crippen molar-refractivity contribution in [2.24, 2.45) is 0 Å². The average molecular weight is 360 g/mol. The first-order chi connectivity index (χ1) is 13.0. The third kappa shape index (κ3) is 4.70. The van der Waals surface area contributed by atoms with Crippen molar-refractivity contribution in [1.29, 1.82) is 0 Å². The van der Waals surface area contributed by atoms with Crippen LogP contribution in [0.15, 0.2) is 61.1 Å². The Morgan fingerprint density at radius 2 is 1.74 bits per heavy atom. The molecule has 0 aliphatic heterocycles. The maximum atomic E-state index is 12.5. The molecule has 0 aliphatic carbocycles. The fourth-order valence-electron chi connectivity index (χ4n) is 2.90. The Morgan fingerprint density at radius 1 is 1.04 bits per heavy atom. The van der Waals surface area contributed by atoms with Crippen LogP contribution in [0.2, 0.25) is 0 Å². The molecule has 27 heavy (non-hydrogen) atoms. The summed E-state index contributed by atoms with van der Waals surface area (Å²) in [4.78, 5) is 23.1. The van der Waals surface area contributed by atoms with Crippen LogP contribution in [-0.2, 0) is 6.42 Å². The Kier molecular flexibility index (Phi) is 5.81. The number of hydrogen-bond acceptors (Lipinski definition) is 4. The monoisotopic (exact) mass is 360 g/mol. The van der Waals surface area contributed by atoms with Gasteiger partial charge < -0.3 is 10.2 Å². The van der Waals surface area contributed by atoms with Gasteiger partial charge in [-0.15, -0.1) is 0 Å². The first-order valence-electron chi connectivity index (χ1n) is 8.98. The molecule has 0 saturated heterocycles. The number of hydrogen-bond donors (Lipinski definition) is 1. The number of para-hydroxylation sites is 1. The highest BCUT2D eigenvalue weighted by Gasteiger charge is 2.11. The number of likely N-dealkylation sites (N-methyl/N-ethyl adjacent to an activating group) is 1. The second kappa shape index (κ2) is 8.45. The summed E-state index contributed by atoms with van der Waals surface area (Å²) in [7, 11) is 2.00. The van der Waals surface area contributed by atoms with Crippen LogP contribution in [0, 0.1) is 13.8 Å². The van der Waals surface area contributed by atoms with Crippen LogP contribution in [0.4, 0.5) is 11.5 Å². The molecule has 3 aromatic rings. The van der Waals surface area contributed by atoms with Gasteiger partial charge in [0.2, 0.25) is 0 Å². The molecule has 0 saturated carbocycles. The molecule has 2 heterocycles. The van der Waals surface area contributed by atoms with Gasteiger partial charge in [-0.3, -0.25) is 9.78 Å². The Balaban J connectivity index is 1.63. The summed E-state index contributed by atoms with van der Waals surface area (Å²) in [5.41, 5.74) is 4.74. The largest absolute Gasteiger partial charge is 0.359 e. The fourth-order valence-corrected chi connectivity index (χ4v) is 2.90. The highest BCUT2D eigenvalue weighted by atomic mass is 16.1. The van der Waals surface area contributed by atoms with Gasteiger partial charge in [0.05, 0.1) is 5.56 Å². The zero-order valence-electron chi connectivity index (χ0n) is 15.9. The van der Waals surface area contributed by atoms with Gasteiger partial charge in [0, 0.05) is 37.9 Å². The molecule has 1 N–H and O–H groups in total. The molecule has 2 aromatic heterocycles. The minimum Gasteiger partial charge on any atom is -0.359 e. The number of aromatic nitrogens is 2. The van der Waals surface area contributed by atoms with Crippen LogP contribution in [0.3, 0.4) is 0 Å². The van der Waals surface area contributed by atoms with Crippen molar-refractivity contribution in [3.63, 3.8) is 0 Å². The van der Waals surface area contributed by atoms with Gasteiger partial charge in [-0.2, -0.15) is 0 Å². The molecule has 0 radical (unpaired) electrons. The Morgan fingerprint density at radius 3 is 2.37 bits per heavy atom. The topological polar surface area (TPSA) is 58.1 Å². The minimum absolute atomic E-state index is 0.147. The van der Waals surface area contributed by atoms with Gasteiger partial charge in [0.25, 0.3) is 5.91 Å². The van der Waals surface area contributed by atoms with Crippen molar-refractivity contribution in [3.8, 4) is 0 Å². The number of amides is 1. The first kappa shape index (κ1) is 18.6. The van der Waals surface area contributed by atoms with E-state index in [0.717, 1.165) is 35.6 Å². The summed E-state index contributed by atoms with van der Waals surface area (Å²) in [6.07, 6.45) is 6.14. The predicted molar refractivity (Wildman–Crippen MR) is 109 cm³/mol. The molecule has 0 atom stereocenters. The van der Waals surface area contributed by atoms with Crippen LogP contribution in [0.1, 0.15) is 27.0 Å². The van der Waals surface area contributed by atoms with Gasteiger partial charge in [0.15, 0.2) is 0 Å². The third-order valence-corrected chi connectivity index (χ3v) is 4.61. The summed E-state index contributed by atoms with van der Waals surface area (Å²) in [5, 5.41) is 2.99. The first-order valence-corrected chi connectivity index (χ1v) is 8.98. The number of carbonyl (C=O) groups excluding carboxylic acids is 1. The predicted octanol–water partition coefficient (Wildman–Crippen LogP) is 4.02. The Hall–Kier alpha value is -3.21. The molecule has 0 unspecified atom stereocenters. The smallest absolute Gasteiger partial charge is 0.257 e. The summed E-state index contributed by atoms with van der Waals surface area (Å²) >= 11 is 0. The van der Waals surface area contributed by atoms with Crippen molar-refractivity contribution in [3.05, 3.63) is 83.3 Å². The summed E-state index contributed by atoms with van der Waals surface area (Å²) in [6, 6.07) is 13.7. The minimum atomic E-state index is -0.147. The van der Waals surface area contributed by atoms with E-state index in [1.807, 2.05) is 63.4 Å². The Bertz CT molecular complexity index is 887. The lowest BCUT2D eigenvalue weighted by atomic mass is 10.1. The molecule has 0 aliphatic rings. The van der Waals surface area contributed by atoms with Crippen LogP contribution in [-0.4, -0.2) is 29.5 Å². The van der Waals surface area contributed by atoms with Gasteiger partial charge in [-0.05, 0) is 61.2 Å². The van der Waals surface area contributed by atoms with Crippen LogP contribution in [0.25, 0.3) is 0 Å². The van der Waals surface area contributed by atoms with E-state index in [1.54, 1.807) is 18.6 Å². The second-order valence-electron chi connectivity index (χ2n) is 6.65. The molecule has 0 fully saturated rings. The van der Waals surface area contributed by atoms with Gasteiger partial charge in [0.1, 0.15) is 5.82 Å². The van der Waals surface area contributed by atoms with Crippen molar-refractivity contribution >= 4 is 17.4 Å². The molecule has 3 rings (SSSR count). The zero-order valence-corrected chi connectivity index (χ0v) is 15.9. The summed E-state index contributed by atoms with van der Waals surface area (Å²) in [5.74, 6) is 0.693. The molecule has 1 amide bonds. The van der Waals surface area contributed by atoms with E-state index in [2.05, 4.69) is 20.2 Å². The van der Waals surface area contributed by atoms with E-state index < -0.39 is 0 Å². The lowest BCUT2D eigenvalue weighted by Crippen LogP contribution is -2.22. The maximum Gasteiger partial charge on any atom is 0.257 e. The van der Waals surface area contributed by atoms with Gasteiger partial charge >= 0.3 is 0 Å². The molecular weight excluding hydrogens is 336 g/mol. The van der Waals surface area contributed by atoms with E-state index in [1.165, 1.54) is 5.56 Å². The molecule has 0 bridgehead atoms. The van der Waals surface area contributed by atoms with Crippen LogP contribution < -0.4 is 10.2 Å². The molecular formula is C22H24N4O. The van der Waals surface area contributed by atoms with E-state index in [0.29, 0.717) is 5.56 Å². The molecule has 5 heteroatoms. The summed E-state index contributed by atoms with van der Waals surface area (Å²) < 4.78 is 0. The van der Waals surface area contributed by atoms with Crippen molar-refractivity contribution in [2.75, 3.05) is 23.8 Å². The van der Waals surface area contributed by atoms with E-state index in [9.17, 15) is 4.79 Å². The number of nitrogens with zero attached hydrogens (tertiary/aromatic N) is 3. The van der Waals surface area contributed by atoms with Gasteiger partial charge in [-0.1, -0.05) is 18.2 Å². The lowest BCUT2D eigenvalue weighted by molar-refractivity contribution is 0.102. The number of rotatable bonds is 6. The third-order valence-electron chi connectivity index (χ3n) is 4.61. The number of anilines is 2. The standard InChI is InChI=1S/C22H24N4O/c1-16-5-4-6-17(2)21(16)25-22(27)19-7-8-20(24-15-19)26(3)14-11-18-9-12-23-13-10-18/h4-10,12-13,15H,11,14H2,1-3H3,(H,25,27). The SMILES string of the molecule is Cc1cccc(C)c1NC(=O)c1ccc(N(C)CCc2ccncc2)nc1. The molecule has 5 nitrogen and oxygen atoms in total. The molecule has 0 spiro atoms. The quantitative estimate of drug-likeness (QED) is 0.721. The molecule has 1 aromatic carbocycles. The van der Waals surface area contributed by atoms with E-state index in [-0.39, 0.29) is 5.91 Å². The van der Waals surface area contributed by atoms with Crippen molar-refractivity contribution in [2.45, 2.75) is 20.3 Å². The number of carbonyl (C=O) groups is 1. The zero-order chi connectivity index (χ0) is 19.2. The van der Waals surface area contributed by atoms with Crippen LogP contribution >= 0.6 is 0 Å². The number of aryl methyl sites for hydroxylation is 2. The number of benzene rings is 1. The maximum absolute atomic E-state index is 12.5. The molecule has 138 valence electrons. The number of pyridine rings is 2. The van der Waals surface area contributed by atoms with Gasteiger partial charge in [-0.25, -0.2) is 4.98 Å². The summed E-state index contributed by atoms with van der Waals surface area (Å²) in [6.45, 7) is 4.81. The highest BCUT2D eigenvalue weighted by molar-refractivity contribution is 6.04. The van der Waals surface area contributed by atoms with E-state index >= 15 is 0 Å². The Labute approximate surface area is 160 Å². The van der Waals surface area contributed by atoms with E-state index in [4.69, 9.17) is 0 Å².